The minimum absolute atomic E-state index is 0.271. The van der Waals surface area contributed by atoms with Gasteiger partial charge in [0.2, 0.25) is 0 Å². The van der Waals surface area contributed by atoms with E-state index in [2.05, 4.69) is 15.4 Å². The molecule has 5 rings (SSSR count). The highest BCUT2D eigenvalue weighted by Crippen LogP contribution is 2.40. The van der Waals surface area contributed by atoms with Crippen LogP contribution in [0.4, 0.5) is 17.6 Å². The number of amides is 1. The van der Waals surface area contributed by atoms with E-state index in [1.54, 1.807) is 16.8 Å². The third-order valence-electron chi connectivity index (χ3n) is 5.91. The number of hydrogen-bond donors (Lipinski definition) is 1. The maximum absolute atomic E-state index is 14.0. The fraction of sp³-hybridized carbons (Fsp3) is 0.348. The van der Waals surface area contributed by atoms with Gasteiger partial charge < -0.3 is 5.32 Å². The molecule has 1 N–H and O–H groups in total. The third-order valence-corrected chi connectivity index (χ3v) is 5.91. The number of halogens is 4. The van der Waals surface area contributed by atoms with Crippen molar-refractivity contribution in [3.63, 3.8) is 0 Å². The van der Waals surface area contributed by atoms with Gasteiger partial charge in [0.15, 0.2) is 0 Å². The molecule has 0 bridgehead atoms. The second kappa shape index (κ2) is 7.72. The topological polar surface area (TPSA) is 59.8 Å². The highest BCUT2D eigenvalue weighted by molar-refractivity contribution is 5.94. The van der Waals surface area contributed by atoms with Gasteiger partial charge in [-0.15, -0.1) is 0 Å². The monoisotopic (exact) mass is 444 g/mol. The standard InChI is InChI=1S/C23H20F4N4O/c24-17-9-15(13-3-4-13)8-16(10-17)22(32)29-18-2-1-7-31-20(18)12-19(30-31)14-5-6-28-21(11-14)23(25,26)27/h5-6,8-13,18H,1-4,7H2,(H,29,32). The van der Waals surface area contributed by atoms with Crippen molar-refractivity contribution < 1.29 is 22.4 Å². The lowest BCUT2D eigenvalue weighted by atomic mass is 10.0. The Morgan fingerprint density at radius 3 is 2.66 bits per heavy atom. The lowest BCUT2D eigenvalue weighted by Crippen LogP contribution is -2.32. The van der Waals surface area contributed by atoms with Gasteiger partial charge in [-0.3, -0.25) is 14.5 Å². The summed E-state index contributed by atoms with van der Waals surface area (Å²) in [4.78, 5) is 16.3. The van der Waals surface area contributed by atoms with Crippen LogP contribution in [0.15, 0.2) is 42.6 Å². The van der Waals surface area contributed by atoms with E-state index in [1.165, 1.54) is 18.2 Å². The number of alkyl halides is 3. The van der Waals surface area contributed by atoms with Crippen molar-refractivity contribution in [3.05, 3.63) is 70.9 Å². The van der Waals surface area contributed by atoms with E-state index in [9.17, 15) is 22.4 Å². The van der Waals surface area contributed by atoms with Gasteiger partial charge in [0.25, 0.3) is 5.91 Å². The molecule has 2 aromatic heterocycles. The van der Waals surface area contributed by atoms with E-state index in [4.69, 9.17) is 0 Å². The number of nitrogens with zero attached hydrogens (tertiary/aromatic N) is 3. The molecule has 166 valence electrons. The highest BCUT2D eigenvalue weighted by atomic mass is 19.4. The van der Waals surface area contributed by atoms with Crippen LogP contribution in [0, 0.1) is 5.82 Å². The van der Waals surface area contributed by atoms with Crippen molar-refractivity contribution in [2.45, 2.75) is 50.4 Å². The van der Waals surface area contributed by atoms with Crippen LogP contribution in [0.5, 0.6) is 0 Å². The summed E-state index contributed by atoms with van der Waals surface area (Å²) >= 11 is 0. The van der Waals surface area contributed by atoms with Gasteiger partial charge in [-0.2, -0.15) is 18.3 Å². The lowest BCUT2D eigenvalue weighted by Gasteiger charge is -2.24. The molecule has 1 saturated carbocycles. The lowest BCUT2D eigenvalue weighted by molar-refractivity contribution is -0.141. The van der Waals surface area contributed by atoms with E-state index in [0.29, 0.717) is 35.8 Å². The minimum atomic E-state index is -4.55. The third kappa shape index (κ3) is 4.11. The second-order valence-corrected chi connectivity index (χ2v) is 8.32. The van der Waals surface area contributed by atoms with Crippen LogP contribution in [0.2, 0.25) is 0 Å². The molecule has 0 saturated heterocycles. The summed E-state index contributed by atoms with van der Waals surface area (Å²) in [7, 11) is 0. The summed E-state index contributed by atoms with van der Waals surface area (Å²) in [6.07, 6.45) is -0.0286. The molecule has 1 amide bonds. The Kier molecular flexibility index (Phi) is 4.98. The summed E-state index contributed by atoms with van der Waals surface area (Å²) in [5.41, 5.74) is 1.53. The maximum atomic E-state index is 14.0. The molecule has 1 fully saturated rings. The van der Waals surface area contributed by atoms with Gasteiger partial charge in [-0.05, 0) is 73.6 Å². The molecule has 1 aliphatic carbocycles. The maximum Gasteiger partial charge on any atom is 0.433 e. The van der Waals surface area contributed by atoms with Gasteiger partial charge in [-0.1, -0.05) is 0 Å². The number of carbonyl (C=O) groups excluding carboxylic acids is 1. The Hall–Kier alpha value is -3.23. The summed E-state index contributed by atoms with van der Waals surface area (Å²) in [6.45, 7) is 0.602. The fourth-order valence-corrected chi connectivity index (χ4v) is 4.15. The average Bonchev–Trinajstić information content (AvgIpc) is 3.51. The van der Waals surface area contributed by atoms with Crippen LogP contribution >= 0.6 is 0 Å². The van der Waals surface area contributed by atoms with Gasteiger partial charge in [0.1, 0.15) is 11.5 Å². The number of carbonyl (C=O) groups is 1. The number of aryl methyl sites for hydroxylation is 1. The van der Waals surface area contributed by atoms with E-state index in [1.807, 2.05) is 0 Å². The van der Waals surface area contributed by atoms with Crippen LogP contribution in [-0.4, -0.2) is 20.7 Å². The normalized spacial score (nSPS) is 18.3. The molecule has 1 aliphatic heterocycles. The molecule has 1 unspecified atom stereocenters. The van der Waals surface area contributed by atoms with Crippen molar-refractivity contribution in [1.29, 1.82) is 0 Å². The predicted octanol–water partition coefficient (Wildman–Crippen LogP) is 5.25. The van der Waals surface area contributed by atoms with E-state index >= 15 is 0 Å². The molecule has 2 aliphatic rings. The number of rotatable bonds is 4. The molecule has 3 heterocycles. The molecule has 0 radical (unpaired) electrons. The van der Waals surface area contributed by atoms with Gasteiger partial charge in [-0.25, -0.2) is 4.39 Å². The van der Waals surface area contributed by atoms with Crippen molar-refractivity contribution in [1.82, 2.24) is 20.1 Å². The van der Waals surface area contributed by atoms with E-state index < -0.39 is 17.7 Å². The molecule has 1 atom stereocenters. The number of benzene rings is 1. The SMILES string of the molecule is O=C(NC1CCCn2nc(-c3ccnc(C(F)(F)F)c3)cc21)c1cc(F)cc(C2CC2)c1. The number of pyridine rings is 1. The summed E-state index contributed by atoms with van der Waals surface area (Å²) < 4.78 is 54.8. The first-order valence-corrected chi connectivity index (χ1v) is 10.5. The summed E-state index contributed by atoms with van der Waals surface area (Å²) in [5, 5.41) is 7.39. The van der Waals surface area contributed by atoms with E-state index in [-0.39, 0.29) is 17.5 Å². The Balaban J connectivity index is 1.40. The zero-order valence-corrected chi connectivity index (χ0v) is 17.0. The number of nitrogens with one attached hydrogen (secondary N) is 1. The molecule has 1 aromatic carbocycles. The quantitative estimate of drug-likeness (QED) is 0.560. The number of hydrogen-bond acceptors (Lipinski definition) is 3. The van der Waals surface area contributed by atoms with Crippen LogP contribution in [0.1, 0.15) is 65.0 Å². The van der Waals surface area contributed by atoms with Crippen molar-refractivity contribution >= 4 is 5.91 Å². The minimum Gasteiger partial charge on any atom is -0.344 e. The van der Waals surface area contributed by atoms with Crippen LogP contribution in [0.3, 0.4) is 0 Å². The number of aromatic nitrogens is 3. The molecular weight excluding hydrogens is 424 g/mol. The van der Waals surface area contributed by atoms with Crippen LogP contribution < -0.4 is 5.32 Å². The summed E-state index contributed by atoms with van der Waals surface area (Å²) in [6, 6.07) is 8.20. The first-order valence-electron chi connectivity index (χ1n) is 10.5. The van der Waals surface area contributed by atoms with Crippen LogP contribution in [0.25, 0.3) is 11.3 Å². The zero-order valence-electron chi connectivity index (χ0n) is 17.0. The average molecular weight is 444 g/mol. The van der Waals surface area contributed by atoms with E-state index in [0.717, 1.165) is 37.1 Å². The van der Waals surface area contributed by atoms with Gasteiger partial charge in [0, 0.05) is 23.9 Å². The van der Waals surface area contributed by atoms with Crippen LogP contribution in [-0.2, 0) is 12.7 Å². The van der Waals surface area contributed by atoms with Crippen molar-refractivity contribution in [2.75, 3.05) is 0 Å². The molecule has 32 heavy (non-hydrogen) atoms. The fourth-order valence-electron chi connectivity index (χ4n) is 4.15. The Labute approximate surface area is 181 Å². The molecule has 9 heteroatoms. The molecular formula is C23H20F4N4O. The smallest absolute Gasteiger partial charge is 0.344 e. The Morgan fingerprint density at radius 2 is 1.91 bits per heavy atom. The number of fused-ring (bicyclic) bond motifs is 1. The first-order chi connectivity index (χ1) is 15.3. The second-order valence-electron chi connectivity index (χ2n) is 8.32. The first kappa shape index (κ1) is 20.7. The molecule has 5 nitrogen and oxygen atoms in total. The van der Waals surface area contributed by atoms with Gasteiger partial charge in [0.05, 0.1) is 17.4 Å². The predicted molar refractivity (Wildman–Crippen MR) is 108 cm³/mol. The van der Waals surface area contributed by atoms with Crippen molar-refractivity contribution in [2.24, 2.45) is 0 Å². The van der Waals surface area contributed by atoms with Gasteiger partial charge >= 0.3 is 6.18 Å². The largest absolute Gasteiger partial charge is 0.433 e. The van der Waals surface area contributed by atoms with Crippen molar-refractivity contribution in [3.8, 4) is 11.3 Å². The molecule has 3 aromatic rings. The molecule has 0 spiro atoms. The Bertz CT molecular complexity index is 1180. The highest BCUT2D eigenvalue weighted by Gasteiger charge is 2.33. The Morgan fingerprint density at radius 1 is 1.09 bits per heavy atom. The zero-order chi connectivity index (χ0) is 22.5. The summed E-state index contributed by atoms with van der Waals surface area (Å²) in [5.74, 6) is -0.498.